The second-order valence-corrected chi connectivity index (χ2v) is 12.2. The van der Waals surface area contributed by atoms with E-state index in [0.29, 0.717) is 50.6 Å². The standard InChI is InChI=1S/C16H18ClN5O2.C14H12ClN5O4/c1-8(2)7-22-14-12(15(23)21(3)16(22)24)19-13(20-14)10-5-4-9(17)6-11(10)18;1-19-13(23)10-12(20(14(19)24)5-9(21)22)18-11(17-10)7-3-2-6(15)4-8(7)16/h4-6,8H,7,18H2,1-3H3,(H,19,20);2-4H,5,16H2,1H3,(H,17,18)(H,21,22). The molecule has 0 unspecified atom stereocenters. The van der Waals surface area contributed by atoms with E-state index in [2.05, 4.69) is 19.9 Å². The Balaban J connectivity index is 0.000000188. The number of fused-ring (bicyclic) bond motifs is 2. The highest BCUT2D eigenvalue weighted by Crippen LogP contribution is 2.28. The fourth-order valence-electron chi connectivity index (χ4n) is 5.03. The zero-order valence-electron chi connectivity index (χ0n) is 26.0. The fourth-order valence-corrected chi connectivity index (χ4v) is 5.39. The predicted octanol–water partition coefficient (Wildman–Crippen LogP) is 2.39. The molecule has 0 saturated heterocycles. The van der Waals surface area contributed by atoms with Gasteiger partial charge in [-0.05, 0) is 42.3 Å². The highest BCUT2D eigenvalue weighted by Gasteiger charge is 2.20. The molecule has 6 rings (SSSR count). The van der Waals surface area contributed by atoms with Crippen molar-refractivity contribution in [2.45, 2.75) is 26.9 Å². The summed E-state index contributed by atoms with van der Waals surface area (Å²) in [4.78, 5) is 74.7. The Morgan fingerprint density at radius 1 is 0.792 bits per heavy atom. The maximum absolute atomic E-state index is 12.4. The number of hydrogen-bond donors (Lipinski definition) is 5. The summed E-state index contributed by atoms with van der Waals surface area (Å²) in [7, 11) is 2.72. The van der Waals surface area contributed by atoms with Crippen LogP contribution in [0.5, 0.6) is 0 Å². The molecule has 250 valence electrons. The number of carbonyl (C=O) groups is 1. The number of aromatic amines is 2. The van der Waals surface area contributed by atoms with E-state index in [1.165, 1.54) is 24.7 Å². The molecule has 16 nitrogen and oxygen atoms in total. The number of aromatic nitrogens is 8. The van der Waals surface area contributed by atoms with E-state index < -0.39 is 29.3 Å². The van der Waals surface area contributed by atoms with Crippen LogP contribution in [-0.2, 0) is 32.0 Å². The molecule has 4 heterocycles. The zero-order chi connectivity index (χ0) is 35.2. The molecule has 0 radical (unpaired) electrons. The summed E-state index contributed by atoms with van der Waals surface area (Å²) >= 11 is 11.8. The highest BCUT2D eigenvalue weighted by molar-refractivity contribution is 6.31. The summed E-state index contributed by atoms with van der Waals surface area (Å²) < 4.78 is 4.31. The average molecular weight is 698 g/mol. The number of rotatable bonds is 6. The van der Waals surface area contributed by atoms with Crippen LogP contribution in [0.2, 0.25) is 10.0 Å². The number of H-pyrrole nitrogens is 2. The largest absolute Gasteiger partial charge is 0.480 e. The maximum atomic E-state index is 12.4. The molecule has 6 aromatic rings. The Kier molecular flexibility index (Phi) is 9.06. The molecule has 0 aliphatic carbocycles. The van der Waals surface area contributed by atoms with Gasteiger partial charge in [-0.3, -0.25) is 32.7 Å². The van der Waals surface area contributed by atoms with Crippen LogP contribution < -0.4 is 34.0 Å². The fraction of sp³-hybridized carbons (Fsp3) is 0.233. The molecular formula is C30H30Cl2N10O6. The van der Waals surface area contributed by atoms with E-state index in [1.807, 2.05) is 13.8 Å². The molecule has 18 heteroatoms. The van der Waals surface area contributed by atoms with Gasteiger partial charge in [-0.15, -0.1) is 0 Å². The van der Waals surface area contributed by atoms with Crippen molar-refractivity contribution in [1.29, 1.82) is 0 Å². The number of benzene rings is 2. The van der Waals surface area contributed by atoms with Gasteiger partial charge < -0.3 is 26.5 Å². The maximum Gasteiger partial charge on any atom is 0.333 e. The Labute approximate surface area is 279 Å². The lowest BCUT2D eigenvalue weighted by molar-refractivity contribution is -0.137. The molecule has 0 saturated carbocycles. The van der Waals surface area contributed by atoms with Crippen molar-refractivity contribution in [3.05, 3.63) is 88.1 Å². The number of nitrogens with one attached hydrogen (secondary N) is 2. The Hall–Kier alpha value is -5.61. The minimum atomic E-state index is -1.23. The molecule has 0 aliphatic rings. The van der Waals surface area contributed by atoms with Gasteiger partial charge in [0.1, 0.15) is 29.2 Å². The third-order valence-electron chi connectivity index (χ3n) is 7.33. The van der Waals surface area contributed by atoms with E-state index in [0.717, 1.165) is 13.7 Å². The molecular weight excluding hydrogens is 667 g/mol. The van der Waals surface area contributed by atoms with Gasteiger partial charge in [-0.2, -0.15) is 0 Å². The smallest absolute Gasteiger partial charge is 0.333 e. The van der Waals surface area contributed by atoms with Gasteiger partial charge in [0.2, 0.25) is 0 Å². The van der Waals surface area contributed by atoms with Crippen LogP contribution in [0.1, 0.15) is 13.8 Å². The molecule has 0 fully saturated rings. The summed E-state index contributed by atoms with van der Waals surface area (Å²) in [5.41, 5.74) is 12.2. The minimum Gasteiger partial charge on any atom is -0.480 e. The lowest BCUT2D eigenvalue weighted by Gasteiger charge is -2.10. The van der Waals surface area contributed by atoms with Crippen LogP contribution in [0.4, 0.5) is 11.4 Å². The highest BCUT2D eigenvalue weighted by atomic mass is 35.5. The summed E-state index contributed by atoms with van der Waals surface area (Å²) in [5.74, 6) is -0.336. The number of nitrogen functional groups attached to an aromatic ring is 2. The summed E-state index contributed by atoms with van der Waals surface area (Å²) in [6.07, 6.45) is 0. The lowest BCUT2D eigenvalue weighted by Crippen LogP contribution is -2.39. The van der Waals surface area contributed by atoms with Crippen molar-refractivity contribution >= 4 is 62.9 Å². The van der Waals surface area contributed by atoms with Crippen molar-refractivity contribution in [3.63, 3.8) is 0 Å². The molecule has 0 bridgehead atoms. The number of hydrogen-bond acceptors (Lipinski definition) is 9. The summed E-state index contributed by atoms with van der Waals surface area (Å²) in [6, 6.07) is 9.77. The number of halogens is 2. The van der Waals surface area contributed by atoms with Gasteiger partial charge in [-0.25, -0.2) is 19.6 Å². The topological polar surface area (TPSA) is 235 Å². The molecule has 2 aromatic carbocycles. The monoisotopic (exact) mass is 696 g/mol. The second-order valence-electron chi connectivity index (χ2n) is 11.3. The Morgan fingerprint density at radius 2 is 1.21 bits per heavy atom. The normalized spacial score (nSPS) is 11.3. The number of anilines is 2. The third kappa shape index (κ3) is 6.22. The first-order valence-electron chi connectivity index (χ1n) is 14.3. The molecule has 0 atom stereocenters. The van der Waals surface area contributed by atoms with Gasteiger partial charge in [0.25, 0.3) is 11.1 Å². The minimum absolute atomic E-state index is 0.0164. The Bertz CT molecular complexity index is 2490. The molecule has 48 heavy (non-hydrogen) atoms. The molecule has 4 aromatic heterocycles. The summed E-state index contributed by atoms with van der Waals surface area (Å²) in [5, 5.41) is 9.94. The van der Waals surface area contributed by atoms with Crippen molar-refractivity contribution in [2.75, 3.05) is 11.5 Å². The Morgan fingerprint density at radius 3 is 1.60 bits per heavy atom. The van der Waals surface area contributed by atoms with Gasteiger partial charge in [0.15, 0.2) is 11.3 Å². The second kappa shape index (κ2) is 12.9. The van der Waals surface area contributed by atoms with Crippen LogP contribution in [0.3, 0.4) is 0 Å². The van der Waals surface area contributed by atoms with Gasteiger partial charge in [-0.1, -0.05) is 37.0 Å². The van der Waals surface area contributed by atoms with Gasteiger partial charge in [0, 0.05) is 53.2 Å². The van der Waals surface area contributed by atoms with E-state index in [1.54, 1.807) is 30.3 Å². The van der Waals surface area contributed by atoms with Crippen LogP contribution >= 0.6 is 23.2 Å². The molecule has 7 N–H and O–H groups in total. The number of imidazole rings is 2. The first-order valence-corrected chi connectivity index (χ1v) is 15.1. The molecule has 0 amide bonds. The van der Waals surface area contributed by atoms with Crippen LogP contribution in [0.25, 0.3) is 45.1 Å². The SMILES string of the molecule is CC(C)Cn1c(=O)n(C)c(=O)c2[nH]c(-c3ccc(Cl)cc3N)nc21.Cn1c(=O)c2[nH]c(-c3ccc(Cl)cc3N)nc2n(CC(=O)O)c1=O. The predicted molar refractivity (Wildman–Crippen MR) is 183 cm³/mol. The molecule has 0 aliphatic heterocycles. The van der Waals surface area contributed by atoms with Gasteiger partial charge >= 0.3 is 17.3 Å². The number of aliphatic carboxylic acids is 1. The number of carboxylic acids is 1. The van der Waals surface area contributed by atoms with Crippen molar-refractivity contribution in [2.24, 2.45) is 20.0 Å². The quantitative estimate of drug-likeness (QED) is 0.159. The van der Waals surface area contributed by atoms with Crippen LogP contribution in [0, 0.1) is 5.92 Å². The van der Waals surface area contributed by atoms with E-state index >= 15 is 0 Å². The van der Waals surface area contributed by atoms with Crippen LogP contribution in [-0.4, -0.2) is 49.3 Å². The van der Waals surface area contributed by atoms with Crippen molar-refractivity contribution in [3.8, 4) is 22.8 Å². The van der Waals surface area contributed by atoms with Gasteiger partial charge in [0.05, 0.1) is 0 Å². The van der Waals surface area contributed by atoms with E-state index in [-0.39, 0.29) is 34.1 Å². The molecule has 0 spiro atoms. The number of nitrogens with two attached hydrogens (primary N) is 2. The van der Waals surface area contributed by atoms with E-state index in [9.17, 15) is 24.0 Å². The average Bonchev–Trinajstić information content (AvgIpc) is 3.65. The lowest BCUT2D eigenvalue weighted by atomic mass is 10.2. The summed E-state index contributed by atoms with van der Waals surface area (Å²) in [6.45, 7) is 3.83. The first kappa shape index (κ1) is 33.7. The first-order chi connectivity index (χ1) is 22.6. The zero-order valence-corrected chi connectivity index (χ0v) is 27.5. The van der Waals surface area contributed by atoms with Crippen molar-refractivity contribution < 1.29 is 9.90 Å². The van der Waals surface area contributed by atoms with E-state index in [4.69, 9.17) is 39.8 Å². The van der Waals surface area contributed by atoms with Crippen LogP contribution in [0.15, 0.2) is 55.6 Å². The third-order valence-corrected chi connectivity index (χ3v) is 7.80. The number of nitrogens with zero attached hydrogens (tertiary/aromatic N) is 6. The number of carboxylic acid groups (broad SMARTS) is 1. The van der Waals surface area contributed by atoms with Crippen molar-refractivity contribution in [1.82, 2.24) is 38.2 Å².